The topological polar surface area (TPSA) is 77.1 Å². The van der Waals surface area contributed by atoms with Crippen molar-refractivity contribution in [2.24, 2.45) is 0 Å². The highest BCUT2D eigenvalue weighted by Crippen LogP contribution is 2.33. The van der Waals surface area contributed by atoms with Gasteiger partial charge in [0.15, 0.2) is 11.5 Å². The summed E-state index contributed by atoms with van der Waals surface area (Å²) in [4.78, 5) is 25.9. The normalized spacial score (nSPS) is 13.9. The lowest BCUT2D eigenvalue weighted by atomic mass is 10.1. The van der Waals surface area contributed by atoms with Crippen LogP contribution in [0.5, 0.6) is 11.5 Å². The second kappa shape index (κ2) is 8.29. The molecular weight excluding hydrogens is 336 g/mol. The van der Waals surface area contributed by atoms with Gasteiger partial charge in [0.05, 0.1) is 0 Å². The molecule has 1 unspecified atom stereocenters. The summed E-state index contributed by atoms with van der Waals surface area (Å²) in [5, 5.41) is 2.52. The van der Waals surface area contributed by atoms with Crippen LogP contribution in [0.2, 0.25) is 0 Å². The fraction of sp³-hybridized carbons (Fsp3) is 0.579. The monoisotopic (exact) mass is 364 g/mol. The Morgan fingerprint density at radius 3 is 2.62 bits per heavy atom. The number of nitrogens with zero attached hydrogens (tertiary/aromatic N) is 1. The van der Waals surface area contributed by atoms with Gasteiger partial charge in [-0.25, -0.2) is 4.79 Å². The van der Waals surface area contributed by atoms with Crippen molar-refractivity contribution < 1.29 is 23.8 Å². The molecule has 7 heteroatoms. The minimum absolute atomic E-state index is 0.0201. The molecule has 0 fully saturated rings. The van der Waals surface area contributed by atoms with Crippen LogP contribution in [-0.4, -0.2) is 48.4 Å². The zero-order valence-corrected chi connectivity index (χ0v) is 16.1. The van der Waals surface area contributed by atoms with Crippen LogP contribution < -0.4 is 14.8 Å². The summed E-state index contributed by atoms with van der Waals surface area (Å²) in [6, 6.07) is 5.78. The number of amides is 2. The van der Waals surface area contributed by atoms with Gasteiger partial charge in [0, 0.05) is 12.6 Å². The molecule has 0 saturated carbocycles. The van der Waals surface area contributed by atoms with E-state index in [9.17, 15) is 9.59 Å². The van der Waals surface area contributed by atoms with E-state index in [-0.39, 0.29) is 25.3 Å². The largest absolute Gasteiger partial charge is 0.454 e. The number of fused-ring (bicyclic) bond motifs is 1. The van der Waals surface area contributed by atoms with Crippen LogP contribution in [-0.2, 0) is 16.0 Å². The molecule has 7 nitrogen and oxygen atoms in total. The lowest BCUT2D eigenvalue weighted by Crippen LogP contribution is -2.46. The number of rotatable bonds is 6. The Balaban J connectivity index is 1.89. The standard InChI is InChI=1S/C19H28N2O5/c1-6-21(17(22)11-20-18(23)26-19(3,4)5)13(2)9-14-7-8-15-16(10-14)25-12-24-15/h7-8,10,13H,6,9,11-12H2,1-5H3,(H,20,23). The molecule has 1 heterocycles. The van der Waals surface area contributed by atoms with Gasteiger partial charge in [0.25, 0.3) is 0 Å². The zero-order valence-electron chi connectivity index (χ0n) is 16.1. The Morgan fingerprint density at radius 1 is 1.27 bits per heavy atom. The van der Waals surface area contributed by atoms with Gasteiger partial charge in [-0.3, -0.25) is 4.79 Å². The van der Waals surface area contributed by atoms with Crippen LogP contribution in [0.15, 0.2) is 18.2 Å². The summed E-state index contributed by atoms with van der Waals surface area (Å²) in [6.45, 7) is 9.95. The summed E-state index contributed by atoms with van der Waals surface area (Å²) in [5.74, 6) is 1.33. The third-order valence-corrected chi connectivity index (χ3v) is 3.94. The molecule has 0 saturated heterocycles. The molecule has 2 rings (SSSR count). The molecular formula is C19H28N2O5. The van der Waals surface area contributed by atoms with E-state index in [1.807, 2.05) is 32.0 Å². The van der Waals surface area contributed by atoms with Gasteiger partial charge >= 0.3 is 6.09 Å². The molecule has 0 spiro atoms. The van der Waals surface area contributed by atoms with Crippen LogP contribution in [0.25, 0.3) is 0 Å². The summed E-state index contributed by atoms with van der Waals surface area (Å²) >= 11 is 0. The number of likely N-dealkylation sites (N-methyl/N-ethyl adjacent to an activating group) is 1. The van der Waals surface area contributed by atoms with Crippen molar-refractivity contribution in [2.45, 2.75) is 52.7 Å². The first-order valence-electron chi connectivity index (χ1n) is 8.84. The van der Waals surface area contributed by atoms with Crippen LogP contribution in [0.3, 0.4) is 0 Å². The van der Waals surface area contributed by atoms with Crippen LogP contribution in [0, 0.1) is 0 Å². The van der Waals surface area contributed by atoms with Gasteiger partial charge in [-0.15, -0.1) is 0 Å². The third-order valence-electron chi connectivity index (χ3n) is 3.94. The van der Waals surface area contributed by atoms with Crippen LogP contribution in [0.1, 0.15) is 40.2 Å². The van der Waals surface area contributed by atoms with Crippen molar-refractivity contribution in [3.63, 3.8) is 0 Å². The predicted octanol–water partition coefficient (Wildman–Crippen LogP) is 2.72. The van der Waals surface area contributed by atoms with E-state index in [2.05, 4.69) is 5.32 Å². The number of benzene rings is 1. The minimum Gasteiger partial charge on any atom is -0.454 e. The lowest BCUT2D eigenvalue weighted by Gasteiger charge is -2.28. The number of carbonyl (C=O) groups is 2. The van der Waals surface area contributed by atoms with Crippen molar-refractivity contribution in [2.75, 3.05) is 19.9 Å². The van der Waals surface area contributed by atoms with Gasteiger partial charge in [-0.2, -0.15) is 0 Å². The van der Waals surface area contributed by atoms with E-state index in [4.69, 9.17) is 14.2 Å². The molecule has 2 amide bonds. The molecule has 0 bridgehead atoms. The molecule has 1 atom stereocenters. The number of hydrogen-bond acceptors (Lipinski definition) is 5. The number of hydrogen-bond donors (Lipinski definition) is 1. The first-order valence-corrected chi connectivity index (χ1v) is 8.84. The Kier molecular flexibility index (Phi) is 6.34. The van der Waals surface area contributed by atoms with Crippen molar-refractivity contribution >= 4 is 12.0 Å². The average Bonchev–Trinajstić information content (AvgIpc) is 2.99. The number of carbonyl (C=O) groups excluding carboxylic acids is 2. The first-order chi connectivity index (χ1) is 12.2. The number of ether oxygens (including phenoxy) is 3. The van der Waals surface area contributed by atoms with Crippen LogP contribution in [0.4, 0.5) is 4.79 Å². The maximum atomic E-state index is 12.5. The van der Waals surface area contributed by atoms with Gasteiger partial charge < -0.3 is 24.4 Å². The first kappa shape index (κ1) is 19.9. The molecule has 144 valence electrons. The fourth-order valence-electron chi connectivity index (χ4n) is 2.82. The van der Waals surface area contributed by atoms with E-state index in [0.717, 1.165) is 17.1 Å². The minimum atomic E-state index is -0.593. The van der Waals surface area contributed by atoms with E-state index in [1.165, 1.54) is 0 Å². The molecule has 1 aliphatic rings. The molecule has 0 radical (unpaired) electrons. The molecule has 0 aliphatic carbocycles. The Hall–Kier alpha value is -2.44. The Bertz CT molecular complexity index is 654. The van der Waals surface area contributed by atoms with Gasteiger partial charge in [-0.05, 0) is 58.7 Å². The molecule has 0 aromatic heterocycles. The highest BCUT2D eigenvalue weighted by atomic mass is 16.7. The SMILES string of the molecule is CCN(C(=O)CNC(=O)OC(C)(C)C)C(C)Cc1ccc2c(c1)OCO2. The molecule has 1 aromatic carbocycles. The average molecular weight is 364 g/mol. The summed E-state index contributed by atoms with van der Waals surface area (Å²) < 4.78 is 15.9. The van der Waals surface area contributed by atoms with Crippen molar-refractivity contribution in [1.29, 1.82) is 0 Å². The molecule has 1 aromatic rings. The maximum absolute atomic E-state index is 12.5. The van der Waals surface area contributed by atoms with E-state index in [1.54, 1.807) is 25.7 Å². The summed E-state index contributed by atoms with van der Waals surface area (Å²) in [6.07, 6.45) is 0.0909. The number of alkyl carbamates (subject to hydrolysis) is 1. The Morgan fingerprint density at radius 2 is 1.96 bits per heavy atom. The van der Waals surface area contributed by atoms with Crippen LogP contribution >= 0.6 is 0 Å². The Labute approximate surface area is 154 Å². The van der Waals surface area contributed by atoms with Crippen molar-refractivity contribution in [3.05, 3.63) is 23.8 Å². The van der Waals surface area contributed by atoms with E-state index in [0.29, 0.717) is 13.0 Å². The summed E-state index contributed by atoms with van der Waals surface area (Å²) in [5.41, 5.74) is 0.470. The fourth-order valence-corrected chi connectivity index (χ4v) is 2.82. The van der Waals surface area contributed by atoms with E-state index < -0.39 is 11.7 Å². The summed E-state index contributed by atoms with van der Waals surface area (Å²) in [7, 11) is 0. The maximum Gasteiger partial charge on any atom is 0.408 e. The quantitative estimate of drug-likeness (QED) is 0.840. The highest BCUT2D eigenvalue weighted by Gasteiger charge is 2.22. The second-order valence-electron chi connectivity index (χ2n) is 7.28. The van der Waals surface area contributed by atoms with Gasteiger partial charge in [0.1, 0.15) is 12.1 Å². The number of nitrogens with one attached hydrogen (secondary N) is 1. The zero-order chi connectivity index (χ0) is 19.3. The lowest BCUT2D eigenvalue weighted by molar-refractivity contribution is -0.132. The highest BCUT2D eigenvalue weighted by molar-refractivity contribution is 5.82. The van der Waals surface area contributed by atoms with Gasteiger partial charge in [-0.1, -0.05) is 6.07 Å². The molecule has 1 N–H and O–H groups in total. The van der Waals surface area contributed by atoms with Crippen molar-refractivity contribution in [1.82, 2.24) is 10.2 Å². The second-order valence-corrected chi connectivity index (χ2v) is 7.28. The van der Waals surface area contributed by atoms with Gasteiger partial charge in [0.2, 0.25) is 12.7 Å². The third kappa shape index (κ3) is 5.54. The molecule has 26 heavy (non-hydrogen) atoms. The van der Waals surface area contributed by atoms with E-state index >= 15 is 0 Å². The predicted molar refractivity (Wildman–Crippen MR) is 97.4 cm³/mol. The molecule has 1 aliphatic heterocycles. The van der Waals surface area contributed by atoms with Crippen molar-refractivity contribution in [3.8, 4) is 11.5 Å². The smallest absolute Gasteiger partial charge is 0.408 e.